The molecule has 1 aromatic carbocycles. The van der Waals surface area contributed by atoms with Gasteiger partial charge in [0.15, 0.2) is 0 Å². The molecule has 0 spiro atoms. The maximum absolute atomic E-state index is 12.0. The lowest BCUT2D eigenvalue weighted by atomic mass is 10.2. The van der Waals surface area contributed by atoms with Crippen LogP contribution in [0.25, 0.3) is 0 Å². The van der Waals surface area contributed by atoms with E-state index in [2.05, 4.69) is 16.0 Å². The molecule has 5 N–H and O–H groups in total. The van der Waals surface area contributed by atoms with Gasteiger partial charge in [-0.3, -0.25) is 14.4 Å². The molecule has 0 aliphatic heterocycles. The highest BCUT2D eigenvalue weighted by Gasteiger charge is 2.08. The fraction of sp³-hybridized carbons (Fsp3) is 0.438. The quantitative estimate of drug-likeness (QED) is 0.443. The van der Waals surface area contributed by atoms with Crippen molar-refractivity contribution in [2.45, 2.75) is 13.3 Å². The number of rotatable bonds is 10. The zero-order valence-corrected chi connectivity index (χ0v) is 13.8. The Morgan fingerprint density at radius 3 is 2.67 bits per heavy atom. The molecule has 132 valence electrons. The third-order valence-corrected chi connectivity index (χ3v) is 3.00. The fourth-order valence-corrected chi connectivity index (χ4v) is 1.82. The van der Waals surface area contributed by atoms with Gasteiger partial charge in [0.05, 0.1) is 13.1 Å². The second-order valence-electron chi connectivity index (χ2n) is 4.92. The number of hydrogen-bond donors (Lipinski definition) is 4. The van der Waals surface area contributed by atoms with Crippen LogP contribution >= 0.6 is 0 Å². The average Bonchev–Trinajstić information content (AvgIpc) is 2.59. The minimum atomic E-state index is -0.412. The van der Waals surface area contributed by atoms with Crippen molar-refractivity contribution in [2.24, 2.45) is 5.73 Å². The van der Waals surface area contributed by atoms with E-state index >= 15 is 0 Å². The van der Waals surface area contributed by atoms with Gasteiger partial charge < -0.3 is 26.4 Å². The summed E-state index contributed by atoms with van der Waals surface area (Å²) in [5.41, 5.74) is 6.05. The van der Waals surface area contributed by atoms with Gasteiger partial charge in [0.2, 0.25) is 11.8 Å². The van der Waals surface area contributed by atoms with Crippen LogP contribution in [-0.2, 0) is 14.3 Å². The van der Waals surface area contributed by atoms with E-state index in [-0.39, 0.29) is 19.0 Å². The molecule has 3 amide bonds. The van der Waals surface area contributed by atoms with Crippen LogP contribution in [0, 0.1) is 0 Å². The predicted molar refractivity (Wildman–Crippen MR) is 90.6 cm³/mol. The SMILES string of the molecule is CCOCCCNC(=O)c1cccc(NC(=O)CNC(=O)CN)c1. The first-order chi connectivity index (χ1) is 11.6. The lowest BCUT2D eigenvalue weighted by Gasteiger charge is -2.09. The summed E-state index contributed by atoms with van der Waals surface area (Å²) >= 11 is 0. The maximum Gasteiger partial charge on any atom is 0.251 e. The molecule has 1 rings (SSSR count). The van der Waals surface area contributed by atoms with Crippen LogP contribution in [0.1, 0.15) is 23.7 Å². The number of hydrogen-bond acceptors (Lipinski definition) is 5. The summed E-state index contributed by atoms with van der Waals surface area (Å²) in [6.45, 7) is 3.33. The molecular formula is C16H24N4O4. The number of nitrogens with one attached hydrogen (secondary N) is 3. The number of nitrogens with two attached hydrogens (primary N) is 1. The van der Waals surface area contributed by atoms with Gasteiger partial charge in [-0.25, -0.2) is 0 Å². The second kappa shape index (κ2) is 11.1. The molecule has 8 heteroatoms. The first kappa shape index (κ1) is 19.6. The summed E-state index contributed by atoms with van der Waals surface area (Å²) in [6, 6.07) is 6.56. The molecule has 24 heavy (non-hydrogen) atoms. The van der Waals surface area contributed by atoms with Crippen LogP contribution in [-0.4, -0.2) is 50.6 Å². The monoisotopic (exact) mass is 336 g/mol. The van der Waals surface area contributed by atoms with Crippen molar-refractivity contribution >= 4 is 23.4 Å². The summed E-state index contributed by atoms with van der Waals surface area (Å²) in [6.07, 6.45) is 0.733. The molecule has 0 aromatic heterocycles. The molecular weight excluding hydrogens is 312 g/mol. The fourth-order valence-electron chi connectivity index (χ4n) is 1.82. The molecule has 0 saturated heterocycles. The van der Waals surface area contributed by atoms with Crippen molar-refractivity contribution < 1.29 is 19.1 Å². The minimum absolute atomic E-state index is 0.174. The normalized spacial score (nSPS) is 10.1. The van der Waals surface area contributed by atoms with E-state index in [1.165, 1.54) is 0 Å². The van der Waals surface area contributed by atoms with Crippen molar-refractivity contribution in [2.75, 3.05) is 38.2 Å². The molecule has 8 nitrogen and oxygen atoms in total. The minimum Gasteiger partial charge on any atom is -0.382 e. The topological polar surface area (TPSA) is 123 Å². The van der Waals surface area contributed by atoms with Gasteiger partial charge in [-0.15, -0.1) is 0 Å². The first-order valence-corrected chi connectivity index (χ1v) is 7.79. The van der Waals surface area contributed by atoms with Crippen LogP contribution in [0.15, 0.2) is 24.3 Å². The van der Waals surface area contributed by atoms with Crippen LogP contribution < -0.4 is 21.7 Å². The highest BCUT2D eigenvalue weighted by molar-refractivity contribution is 5.98. The largest absolute Gasteiger partial charge is 0.382 e. The van der Waals surface area contributed by atoms with Gasteiger partial charge in [0.1, 0.15) is 0 Å². The third kappa shape index (κ3) is 7.70. The molecule has 0 atom stereocenters. The van der Waals surface area contributed by atoms with E-state index in [4.69, 9.17) is 10.5 Å². The number of ether oxygens (including phenoxy) is 1. The zero-order valence-electron chi connectivity index (χ0n) is 13.8. The van der Waals surface area contributed by atoms with Crippen LogP contribution in [0.4, 0.5) is 5.69 Å². The molecule has 0 fully saturated rings. The molecule has 0 heterocycles. The Labute approximate surface area is 141 Å². The van der Waals surface area contributed by atoms with E-state index in [0.717, 1.165) is 6.42 Å². The van der Waals surface area contributed by atoms with Gasteiger partial charge in [-0.05, 0) is 31.5 Å². The molecule has 0 aliphatic rings. The second-order valence-corrected chi connectivity index (χ2v) is 4.92. The summed E-state index contributed by atoms with van der Waals surface area (Å²) in [4.78, 5) is 34.7. The zero-order chi connectivity index (χ0) is 17.8. The Bertz CT molecular complexity index is 563. The summed E-state index contributed by atoms with van der Waals surface area (Å²) in [7, 11) is 0. The van der Waals surface area contributed by atoms with Crippen LogP contribution in [0.5, 0.6) is 0 Å². The Morgan fingerprint density at radius 1 is 1.17 bits per heavy atom. The van der Waals surface area contributed by atoms with Gasteiger partial charge in [0, 0.05) is 31.0 Å². The smallest absolute Gasteiger partial charge is 0.251 e. The Morgan fingerprint density at radius 2 is 1.96 bits per heavy atom. The van der Waals surface area contributed by atoms with Gasteiger partial charge in [0.25, 0.3) is 5.91 Å². The Kier molecular flexibility index (Phi) is 9.10. The number of benzene rings is 1. The molecule has 0 unspecified atom stereocenters. The van der Waals surface area contributed by atoms with Crippen molar-refractivity contribution in [3.63, 3.8) is 0 Å². The number of amides is 3. The lowest BCUT2D eigenvalue weighted by molar-refractivity contribution is -0.123. The predicted octanol–water partition coefficient (Wildman–Crippen LogP) is -0.144. The van der Waals surface area contributed by atoms with Crippen molar-refractivity contribution in [3.05, 3.63) is 29.8 Å². The van der Waals surface area contributed by atoms with E-state index in [9.17, 15) is 14.4 Å². The summed E-state index contributed by atoms with van der Waals surface area (Å²) < 4.78 is 5.20. The number of anilines is 1. The van der Waals surface area contributed by atoms with Crippen LogP contribution in [0.2, 0.25) is 0 Å². The average molecular weight is 336 g/mol. The highest BCUT2D eigenvalue weighted by atomic mass is 16.5. The number of carbonyl (C=O) groups excluding carboxylic acids is 3. The number of carbonyl (C=O) groups is 3. The molecule has 0 radical (unpaired) electrons. The third-order valence-electron chi connectivity index (χ3n) is 3.00. The highest BCUT2D eigenvalue weighted by Crippen LogP contribution is 2.10. The van der Waals surface area contributed by atoms with E-state index in [0.29, 0.717) is 31.0 Å². The Balaban J connectivity index is 2.46. The molecule has 0 aliphatic carbocycles. The van der Waals surface area contributed by atoms with Gasteiger partial charge >= 0.3 is 0 Å². The van der Waals surface area contributed by atoms with Gasteiger partial charge in [-0.2, -0.15) is 0 Å². The van der Waals surface area contributed by atoms with Gasteiger partial charge in [-0.1, -0.05) is 6.07 Å². The van der Waals surface area contributed by atoms with E-state index in [1.54, 1.807) is 24.3 Å². The Hall–Kier alpha value is -2.45. The van der Waals surface area contributed by atoms with Crippen molar-refractivity contribution in [3.8, 4) is 0 Å². The lowest BCUT2D eigenvalue weighted by Crippen LogP contribution is -2.36. The van der Waals surface area contributed by atoms with Crippen molar-refractivity contribution in [1.82, 2.24) is 10.6 Å². The maximum atomic E-state index is 12.0. The van der Waals surface area contributed by atoms with Crippen molar-refractivity contribution in [1.29, 1.82) is 0 Å². The first-order valence-electron chi connectivity index (χ1n) is 7.79. The molecule has 0 saturated carbocycles. The van der Waals surface area contributed by atoms with E-state index < -0.39 is 11.8 Å². The van der Waals surface area contributed by atoms with E-state index in [1.807, 2.05) is 6.92 Å². The van der Waals surface area contributed by atoms with Crippen LogP contribution in [0.3, 0.4) is 0 Å². The standard InChI is InChI=1S/C16H24N4O4/c1-2-24-8-4-7-18-16(23)12-5-3-6-13(9-12)20-15(22)11-19-14(21)10-17/h3,5-6,9H,2,4,7-8,10-11,17H2,1H3,(H,18,23)(H,19,21)(H,20,22). The molecule has 0 bridgehead atoms. The summed E-state index contributed by atoms with van der Waals surface area (Å²) in [5, 5.41) is 7.76. The molecule has 1 aromatic rings. The summed E-state index contributed by atoms with van der Waals surface area (Å²) in [5.74, 6) is -1.03.